The Morgan fingerprint density at radius 1 is 0.857 bits per heavy atom. The summed E-state index contributed by atoms with van der Waals surface area (Å²) in [6.07, 6.45) is 1.48. The fourth-order valence-electron chi connectivity index (χ4n) is 3.46. The maximum Gasteiger partial charge on any atom is 0.350 e. The molecule has 0 saturated heterocycles. The molecule has 6 heteroatoms. The highest BCUT2D eigenvalue weighted by atomic mass is 16.4. The normalized spacial score (nSPS) is 11.3. The molecule has 0 aliphatic rings. The Bertz CT molecular complexity index is 1430. The molecule has 0 radical (unpaired) electrons. The third kappa shape index (κ3) is 2.63. The Morgan fingerprint density at radius 3 is 2.50 bits per heavy atom. The van der Waals surface area contributed by atoms with Gasteiger partial charge in [-0.25, -0.2) is 9.59 Å². The molecule has 5 rings (SSSR count). The summed E-state index contributed by atoms with van der Waals surface area (Å²) < 4.78 is 8.31. The molecular weight excluding hydrogens is 354 g/mol. The van der Waals surface area contributed by atoms with E-state index in [1.54, 1.807) is 0 Å². The molecule has 3 aromatic carbocycles. The summed E-state index contributed by atoms with van der Waals surface area (Å²) in [6.45, 7) is 0.228. The van der Waals surface area contributed by atoms with Gasteiger partial charge in [-0.1, -0.05) is 54.6 Å². The van der Waals surface area contributed by atoms with Crippen LogP contribution in [0.15, 0.2) is 93.1 Å². The smallest absolute Gasteiger partial charge is 0.350 e. The molecule has 0 spiro atoms. The first-order chi connectivity index (χ1) is 13.7. The molecular formula is C22H15N3O3. The first kappa shape index (κ1) is 16.3. The summed E-state index contributed by atoms with van der Waals surface area (Å²) in [5.74, 6) is 0. The van der Waals surface area contributed by atoms with Gasteiger partial charge in [-0.05, 0) is 23.1 Å². The minimum atomic E-state index is -0.442. The fraction of sp³-hybridized carbons (Fsp3) is 0.0455. The van der Waals surface area contributed by atoms with Crippen LogP contribution in [0.5, 0.6) is 0 Å². The number of aromatic nitrogens is 3. The average molecular weight is 369 g/mol. The summed E-state index contributed by atoms with van der Waals surface area (Å²) in [6, 6.07) is 22.3. The minimum absolute atomic E-state index is 0.228. The van der Waals surface area contributed by atoms with Gasteiger partial charge in [-0.15, -0.1) is 0 Å². The van der Waals surface area contributed by atoms with Crippen LogP contribution >= 0.6 is 0 Å². The summed E-state index contributed by atoms with van der Waals surface area (Å²) in [5.41, 5.74) is 1.22. The zero-order chi connectivity index (χ0) is 19.1. The van der Waals surface area contributed by atoms with E-state index in [0.717, 1.165) is 16.2 Å². The van der Waals surface area contributed by atoms with Crippen molar-refractivity contribution in [3.05, 3.63) is 106 Å². The van der Waals surface area contributed by atoms with Crippen LogP contribution in [-0.2, 0) is 6.54 Å². The molecule has 136 valence electrons. The van der Waals surface area contributed by atoms with E-state index in [4.69, 9.17) is 4.42 Å². The highest BCUT2D eigenvalue weighted by Gasteiger charge is 2.12. The van der Waals surface area contributed by atoms with Crippen molar-refractivity contribution in [3.63, 3.8) is 0 Å². The van der Waals surface area contributed by atoms with Crippen LogP contribution in [-0.4, -0.2) is 14.3 Å². The Hall–Kier alpha value is -3.93. The lowest BCUT2D eigenvalue weighted by Gasteiger charge is -2.08. The first-order valence-electron chi connectivity index (χ1n) is 8.85. The van der Waals surface area contributed by atoms with Gasteiger partial charge in [0.15, 0.2) is 0 Å². The molecule has 0 aliphatic carbocycles. The minimum Gasteiger partial charge on any atom is -0.422 e. The quantitative estimate of drug-likeness (QED) is 0.361. The van der Waals surface area contributed by atoms with Crippen molar-refractivity contribution in [3.8, 4) is 5.69 Å². The molecule has 28 heavy (non-hydrogen) atoms. The van der Waals surface area contributed by atoms with Gasteiger partial charge in [-0.2, -0.15) is 9.78 Å². The summed E-state index contributed by atoms with van der Waals surface area (Å²) in [4.78, 5) is 24.9. The monoisotopic (exact) mass is 369 g/mol. The van der Waals surface area contributed by atoms with Gasteiger partial charge < -0.3 is 4.42 Å². The molecule has 0 fully saturated rings. The molecule has 0 N–H and O–H groups in total. The highest BCUT2D eigenvalue weighted by molar-refractivity contribution is 6.04. The Balaban J connectivity index is 1.65. The molecule has 5 aromatic rings. The molecule has 0 amide bonds. The number of hydrogen-bond acceptors (Lipinski definition) is 4. The second-order valence-electron chi connectivity index (χ2n) is 6.54. The SMILES string of the molecule is O=c1cc(Cn2cnn(-c3ccccc3)c2=O)c2ccc3ccccc3c2o1. The van der Waals surface area contributed by atoms with Crippen LogP contribution < -0.4 is 11.3 Å². The van der Waals surface area contributed by atoms with Crippen LogP contribution in [0, 0.1) is 0 Å². The van der Waals surface area contributed by atoms with Crippen molar-refractivity contribution in [2.24, 2.45) is 0 Å². The average Bonchev–Trinajstić information content (AvgIpc) is 3.08. The third-order valence-electron chi connectivity index (χ3n) is 4.80. The number of nitrogens with zero attached hydrogens (tertiary/aromatic N) is 3. The van der Waals surface area contributed by atoms with Gasteiger partial charge in [0, 0.05) is 16.8 Å². The molecule has 0 bridgehead atoms. The van der Waals surface area contributed by atoms with Crippen molar-refractivity contribution in [1.82, 2.24) is 14.3 Å². The van der Waals surface area contributed by atoms with E-state index in [2.05, 4.69) is 5.10 Å². The van der Waals surface area contributed by atoms with Gasteiger partial charge in [0.2, 0.25) is 0 Å². The Morgan fingerprint density at radius 2 is 1.64 bits per heavy atom. The predicted molar refractivity (Wildman–Crippen MR) is 107 cm³/mol. The van der Waals surface area contributed by atoms with E-state index >= 15 is 0 Å². The largest absolute Gasteiger partial charge is 0.422 e. The van der Waals surface area contributed by atoms with Gasteiger partial charge in [0.25, 0.3) is 0 Å². The second-order valence-corrected chi connectivity index (χ2v) is 6.54. The molecule has 0 unspecified atom stereocenters. The van der Waals surface area contributed by atoms with Crippen molar-refractivity contribution in [2.45, 2.75) is 6.54 Å². The van der Waals surface area contributed by atoms with Gasteiger partial charge >= 0.3 is 11.3 Å². The Kier molecular flexibility index (Phi) is 3.69. The van der Waals surface area contributed by atoms with Gasteiger partial charge in [-0.3, -0.25) is 4.57 Å². The lowest BCUT2D eigenvalue weighted by molar-refractivity contribution is 0.560. The lowest BCUT2D eigenvalue weighted by Crippen LogP contribution is -2.24. The first-order valence-corrected chi connectivity index (χ1v) is 8.85. The van der Waals surface area contributed by atoms with E-state index in [1.807, 2.05) is 66.7 Å². The highest BCUT2D eigenvalue weighted by Crippen LogP contribution is 2.26. The molecule has 2 heterocycles. The summed E-state index contributed by atoms with van der Waals surface area (Å²) in [7, 11) is 0. The van der Waals surface area contributed by atoms with E-state index in [1.165, 1.54) is 21.6 Å². The van der Waals surface area contributed by atoms with Crippen LogP contribution in [0.2, 0.25) is 0 Å². The number of fused-ring (bicyclic) bond motifs is 3. The van der Waals surface area contributed by atoms with Crippen molar-refractivity contribution >= 4 is 21.7 Å². The maximum absolute atomic E-state index is 12.8. The maximum atomic E-state index is 12.8. The molecule has 6 nitrogen and oxygen atoms in total. The van der Waals surface area contributed by atoms with Crippen molar-refractivity contribution in [1.29, 1.82) is 0 Å². The standard InChI is InChI=1S/C22H15N3O3/c26-20-12-16(19-11-10-15-6-4-5-9-18(15)21(19)28-20)13-24-14-23-25(22(24)27)17-7-2-1-3-8-17/h1-12,14H,13H2. The van der Waals surface area contributed by atoms with E-state index < -0.39 is 5.63 Å². The number of rotatable bonds is 3. The van der Waals surface area contributed by atoms with Crippen LogP contribution in [0.1, 0.15) is 5.56 Å². The third-order valence-corrected chi connectivity index (χ3v) is 4.80. The number of para-hydroxylation sites is 1. The zero-order valence-corrected chi connectivity index (χ0v) is 14.8. The Labute approximate surface area is 158 Å². The van der Waals surface area contributed by atoms with Crippen LogP contribution in [0.25, 0.3) is 27.4 Å². The molecule has 0 saturated carbocycles. The molecule has 2 aromatic heterocycles. The number of benzene rings is 3. The fourth-order valence-corrected chi connectivity index (χ4v) is 3.46. The second kappa shape index (κ2) is 6.35. The van der Waals surface area contributed by atoms with E-state index in [0.29, 0.717) is 16.8 Å². The summed E-state index contributed by atoms with van der Waals surface area (Å²) >= 11 is 0. The van der Waals surface area contributed by atoms with Crippen molar-refractivity contribution in [2.75, 3.05) is 0 Å². The van der Waals surface area contributed by atoms with E-state index in [-0.39, 0.29) is 12.2 Å². The molecule has 0 aliphatic heterocycles. The predicted octanol–water partition coefficient (Wildman–Crippen LogP) is 3.34. The summed E-state index contributed by atoms with van der Waals surface area (Å²) in [5, 5.41) is 6.86. The molecule has 0 atom stereocenters. The lowest BCUT2D eigenvalue weighted by atomic mass is 10.0. The number of hydrogen-bond donors (Lipinski definition) is 0. The van der Waals surface area contributed by atoms with Crippen molar-refractivity contribution < 1.29 is 4.42 Å². The van der Waals surface area contributed by atoms with Gasteiger partial charge in [0.05, 0.1) is 12.2 Å². The zero-order valence-electron chi connectivity index (χ0n) is 14.8. The van der Waals surface area contributed by atoms with Crippen LogP contribution in [0.3, 0.4) is 0 Å². The van der Waals surface area contributed by atoms with Crippen LogP contribution in [0.4, 0.5) is 0 Å². The topological polar surface area (TPSA) is 70.0 Å². The van der Waals surface area contributed by atoms with E-state index in [9.17, 15) is 9.59 Å². The van der Waals surface area contributed by atoms with Gasteiger partial charge in [0.1, 0.15) is 11.9 Å².